The number of hydrogen-bond donors (Lipinski definition) is 1. The Hall–Kier alpha value is -4.51. The minimum absolute atomic E-state index is 0. The van der Waals surface area contributed by atoms with E-state index in [1.807, 2.05) is 42.6 Å². The largest absolute Gasteiger partial charge is 0.512 e. The predicted octanol–water partition coefficient (Wildman–Crippen LogP) is 8.58. The van der Waals surface area contributed by atoms with Crippen LogP contribution in [0.25, 0.3) is 60.7 Å². The monoisotopic (exact) mass is 702 g/mol. The standard InChI is InChI=1S/C29H17N2O.C5H8O2.Ir/c1-2-8-20(9-3-1)31-26-14-13-19(25-11-6-7-15-30-25)16-22(26)23-17-24-21-10-4-5-12-28(21)32-29(24)18-27(23)31;1-4(6)3-5(2)7;/h1-12,14-18H;3,6H,1-2H3;/q-1;;/b;4-3-;. The van der Waals surface area contributed by atoms with E-state index in [-0.39, 0.29) is 31.6 Å². The number of para-hydroxylation sites is 2. The summed E-state index contributed by atoms with van der Waals surface area (Å²) >= 11 is 0. The molecule has 0 bridgehead atoms. The molecule has 1 radical (unpaired) electrons. The number of nitrogens with zero attached hydrogens (tertiary/aromatic N) is 2. The quantitative estimate of drug-likeness (QED) is 0.114. The first-order chi connectivity index (χ1) is 19.0. The van der Waals surface area contributed by atoms with Gasteiger partial charge in [-0.2, -0.15) is 0 Å². The Labute approximate surface area is 244 Å². The van der Waals surface area contributed by atoms with E-state index < -0.39 is 0 Å². The maximum absolute atomic E-state index is 10.0. The summed E-state index contributed by atoms with van der Waals surface area (Å²) in [4.78, 5) is 14.5. The third kappa shape index (κ3) is 5.07. The van der Waals surface area contributed by atoms with Crippen LogP contribution in [0, 0.1) is 6.07 Å². The number of rotatable bonds is 3. The normalized spacial score (nSPS) is 11.4. The Balaban J connectivity index is 0.000000362. The molecule has 0 aliphatic carbocycles. The van der Waals surface area contributed by atoms with Gasteiger partial charge in [0.25, 0.3) is 0 Å². The van der Waals surface area contributed by atoms with E-state index in [2.05, 4.69) is 76.3 Å². The number of pyridine rings is 1. The molecule has 3 heterocycles. The number of aromatic nitrogens is 2. The predicted molar refractivity (Wildman–Crippen MR) is 157 cm³/mol. The molecule has 0 aliphatic heterocycles. The van der Waals surface area contributed by atoms with Crippen molar-refractivity contribution in [3.05, 3.63) is 121 Å². The van der Waals surface area contributed by atoms with Gasteiger partial charge in [0.2, 0.25) is 0 Å². The summed E-state index contributed by atoms with van der Waals surface area (Å²) in [6, 6.07) is 36.8. The van der Waals surface area contributed by atoms with Gasteiger partial charge in [-0.1, -0.05) is 53.9 Å². The first kappa shape index (κ1) is 27.1. The van der Waals surface area contributed by atoms with Crippen LogP contribution in [0.3, 0.4) is 0 Å². The van der Waals surface area contributed by atoms with Gasteiger partial charge in [-0.25, -0.2) is 0 Å². The van der Waals surface area contributed by atoms with Crippen molar-refractivity contribution in [1.82, 2.24) is 9.55 Å². The van der Waals surface area contributed by atoms with Gasteiger partial charge in [0.05, 0.1) is 5.76 Å². The van der Waals surface area contributed by atoms with E-state index in [1.165, 1.54) is 30.7 Å². The van der Waals surface area contributed by atoms with Gasteiger partial charge in [0.15, 0.2) is 5.78 Å². The Morgan fingerprint density at radius 2 is 1.55 bits per heavy atom. The smallest absolute Gasteiger partial charge is 0.155 e. The maximum atomic E-state index is 10.0. The van der Waals surface area contributed by atoms with Crippen molar-refractivity contribution in [2.45, 2.75) is 13.8 Å². The van der Waals surface area contributed by atoms with E-state index >= 15 is 0 Å². The van der Waals surface area contributed by atoms with Crippen molar-refractivity contribution in [2.75, 3.05) is 0 Å². The zero-order valence-corrected chi connectivity index (χ0v) is 24.3. The number of carbonyl (C=O) groups excluding carboxylic acids is 1. The molecule has 7 aromatic rings. The first-order valence-electron chi connectivity index (χ1n) is 12.7. The van der Waals surface area contributed by atoms with Crippen LogP contribution in [0.1, 0.15) is 13.8 Å². The summed E-state index contributed by atoms with van der Waals surface area (Å²) in [6.07, 6.45) is 2.99. The van der Waals surface area contributed by atoms with E-state index in [9.17, 15) is 4.79 Å². The number of carbonyl (C=O) groups is 1. The molecular formula is C34H25IrN2O3-. The summed E-state index contributed by atoms with van der Waals surface area (Å²) in [7, 11) is 0. The molecule has 199 valence electrons. The average Bonchev–Trinajstić information content (AvgIpc) is 3.46. The summed E-state index contributed by atoms with van der Waals surface area (Å²) in [5, 5.41) is 13.0. The fraction of sp³-hybridized carbons (Fsp3) is 0.0588. The van der Waals surface area contributed by atoms with Crippen molar-refractivity contribution >= 4 is 49.5 Å². The van der Waals surface area contributed by atoms with Gasteiger partial charge in [0.1, 0.15) is 11.2 Å². The molecule has 0 aliphatic rings. The van der Waals surface area contributed by atoms with E-state index in [4.69, 9.17) is 9.52 Å². The molecule has 0 saturated carbocycles. The number of furan rings is 1. The van der Waals surface area contributed by atoms with E-state index in [1.54, 1.807) is 0 Å². The molecule has 0 unspecified atom stereocenters. The van der Waals surface area contributed by atoms with E-state index in [0.29, 0.717) is 0 Å². The van der Waals surface area contributed by atoms with Crippen molar-refractivity contribution in [3.8, 4) is 16.9 Å². The fourth-order valence-electron chi connectivity index (χ4n) is 5.00. The Morgan fingerprint density at radius 1 is 0.825 bits per heavy atom. The molecule has 0 saturated heterocycles. The second-order valence-electron chi connectivity index (χ2n) is 9.39. The molecule has 3 aromatic heterocycles. The molecule has 6 heteroatoms. The van der Waals surface area contributed by atoms with Crippen molar-refractivity contribution in [3.63, 3.8) is 0 Å². The minimum atomic E-state index is -0.125. The molecular weight excluding hydrogens is 677 g/mol. The minimum Gasteiger partial charge on any atom is -0.512 e. The van der Waals surface area contributed by atoms with Crippen LogP contribution < -0.4 is 0 Å². The summed E-state index contributed by atoms with van der Waals surface area (Å²) in [5.74, 6) is -0.0625. The third-order valence-electron chi connectivity index (χ3n) is 6.56. The molecule has 5 nitrogen and oxygen atoms in total. The fourth-order valence-corrected chi connectivity index (χ4v) is 5.00. The molecule has 4 aromatic carbocycles. The van der Waals surface area contributed by atoms with Crippen LogP contribution in [-0.2, 0) is 24.9 Å². The summed E-state index contributed by atoms with van der Waals surface area (Å²) in [6.45, 7) is 2.85. The summed E-state index contributed by atoms with van der Waals surface area (Å²) < 4.78 is 8.50. The van der Waals surface area contributed by atoms with Crippen molar-refractivity contribution in [1.29, 1.82) is 0 Å². The van der Waals surface area contributed by atoms with Crippen LogP contribution in [-0.4, -0.2) is 20.4 Å². The number of benzene rings is 4. The van der Waals surface area contributed by atoms with Gasteiger partial charge in [-0.15, -0.1) is 23.8 Å². The van der Waals surface area contributed by atoms with Crippen LogP contribution in [0.15, 0.2) is 120 Å². The van der Waals surface area contributed by atoms with Crippen LogP contribution in [0.5, 0.6) is 0 Å². The van der Waals surface area contributed by atoms with Gasteiger partial charge >= 0.3 is 0 Å². The number of ketones is 1. The number of hydrogen-bond acceptors (Lipinski definition) is 4. The van der Waals surface area contributed by atoms with E-state index in [0.717, 1.165) is 49.9 Å². The summed E-state index contributed by atoms with van der Waals surface area (Å²) in [5.41, 5.74) is 7.06. The molecule has 0 amide bonds. The van der Waals surface area contributed by atoms with Crippen LogP contribution >= 0.6 is 0 Å². The van der Waals surface area contributed by atoms with Gasteiger partial charge < -0.3 is 19.1 Å². The number of allylic oxidation sites excluding steroid dienone is 2. The average molecular weight is 702 g/mol. The van der Waals surface area contributed by atoms with Crippen LogP contribution in [0.4, 0.5) is 0 Å². The molecule has 1 N–H and O–H groups in total. The second kappa shape index (κ2) is 11.3. The molecule has 40 heavy (non-hydrogen) atoms. The maximum Gasteiger partial charge on any atom is 0.155 e. The first-order valence-corrected chi connectivity index (χ1v) is 12.7. The topological polar surface area (TPSA) is 68.3 Å². The molecule has 7 rings (SSSR count). The SMILES string of the molecule is CC(=O)/C=C(/C)O.[Ir].[c-]1cc2c(cc1-c1ccccn1)c1cc3c(cc1n2-c1ccccc1)oc1ccccc13. The number of fused-ring (bicyclic) bond motifs is 6. The number of aliphatic hydroxyl groups excluding tert-OH is 1. The molecule has 0 fully saturated rings. The Kier molecular flexibility index (Phi) is 7.65. The van der Waals surface area contributed by atoms with Gasteiger partial charge in [-0.3, -0.25) is 4.79 Å². The van der Waals surface area contributed by atoms with Crippen molar-refractivity contribution in [2.24, 2.45) is 0 Å². The molecule has 0 atom stereocenters. The molecule has 0 spiro atoms. The Morgan fingerprint density at radius 3 is 2.25 bits per heavy atom. The zero-order valence-electron chi connectivity index (χ0n) is 21.9. The second-order valence-corrected chi connectivity index (χ2v) is 9.39. The zero-order chi connectivity index (χ0) is 26.9. The van der Waals surface area contributed by atoms with Gasteiger partial charge in [-0.05, 0) is 60.8 Å². The third-order valence-corrected chi connectivity index (χ3v) is 6.56. The van der Waals surface area contributed by atoms with Crippen molar-refractivity contribution < 1.29 is 34.4 Å². The van der Waals surface area contributed by atoms with Crippen LogP contribution in [0.2, 0.25) is 0 Å². The van der Waals surface area contributed by atoms with Gasteiger partial charge in [0, 0.05) is 60.4 Å². The number of aliphatic hydroxyl groups is 1. The Bertz CT molecular complexity index is 2000.